The van der Waals surface area contributed by atoms with Crippen LogP contribution in [0.15, 0.2) is 6.20 Å². The molecule has 6 rings (SSSR count). The number of carbonyl (C=O) groups excluding carboxylic acids is 1. The van der Waals surface area contributed by atoms with Gasteiger partial charge in [-0.2, -0.15) is 5.10 Å². The second-order valence-corrected chi connectivity index (χ2v) is 10.1. The highest BCUT2D eigenvalue weighted by Crippen LogP contribution is 2.53. The maximum Gasteiger partial charge on any atom is 0.258 e. The third-order valence-electron chi connectivity index (χ3n) is 8.08. The van der Waals surface area contributed by atoms with E-state index >= 15 is 0 Å². The lowest BCUT2D eigenvalue weighted by molar-refractivity contribution is -0.0120. The van der Waals surface area contributed by atoms with Crippen LogP contribution in [0.4, 0.5) is 0 Å². The minimum atomic E-state index is -0.00982. The number of nitrogens with one attached hydrogen (secondary N) is 1. The molecular formula is C23H36N4O2. The maximum absolute atomic E-state index is 13.3. The Balaban J connectivity index is 1.28. The van der Waals surface area contributed by atoms with E-state index in [0.717, 1.165) is 11.8 Å². The van der Waals surface area contributed by atoms with E-state index in [0.29, 0.717) is 54.9 Å². The first kappa shape index (κ1) is 19.4. The van der Waals surface area contributed by atoms with Gasteiger partial charge in [-0.1, -0.05) is 19.3 Å². The van der Waals surface area contributed by atoms with Crippen molar-refractivity contribution in [2.24, 2.45) is 35.3 Å². The Morgan fingerprint density at radius 1 is 1.10 bits per heavy atom. The van der Waals surface area contributed by atoms with Crippen molar-refractivity contribution in [1.82, 2.24) is 15.1 Å². The van der Waals surface area contributed by atoms with Crippen molar-refractivity contribution in [3.8, 4) is 5.88 Å². The van der Waals surface area contributed by atoms with E-state index in [9.17, 15) is 4.79 Å². The highest BCUT2D eigenvalue weighted by atomic mass is 16.5. The van der Waals surface area contributed by atoms with Crippen LogP contribution in [0.1, 0.15) is 74.6 Å². The summed E-state index contributed by atoms with van der Waals surface area (Å²) in [6, 6.07) is 0.333. The van der Waals surface area contributed by atoms with E-state index < -0.39 is 0 Å². The van der Waals surface area contributed by atoms with Crippen molar-refractivity contribution >= 4 is 5.91 Å². The number of amides is 1. The molecule has 1 heterocycles. The fourth-order valence-electron chi connectivity index (χ4n) is 6.90. The van der Waals surface area contributed by atoms with Crippen molar-refractivity contribution < 1.29 is 9.53 Å². The Morgan fingerprint density at radius 3 is 2.45 bits per heavy atom. The second-order valence-electron chi connectivity index (χ2n) is 10.1. The predicted octanol–water partition coefficient (Wildman–Crippen LogP) is 3.36. The quantitative estimate of drug-likeness (QED) is 0.735. The number of nitrogens with zero attached hydrogens (tertiary/aromatic N) is 2. The zero-order valence-corrected chi connectivity index (χ0v) is 17.5. The molecule has 0 radical (unpaired) electrons. The van der Waals surface area contributed by atoms with Crippen LogP contribution in [-0.2, 0) is 6.54 Å². The van der Waals surface area contributed by atoms with Crippen LogP contribution < -0.4 is 15.8 Å². The molecule has 0 unspecified atom stereocenters. The molecule has 4 bridgehead atoms. The van der Waals surface area contributed by atoms with Gasteiger partial charge in [0, 0.05) is 12.6 Å². The topological polar surface area (TPSA) is 82.2 Å². The number of hydrogen-bond acceptors (Lipinski definition) is 4. The Kier molecular flexibility index (Phi) is 5.55. The molecule has 0 spiro atoms. The first-order valence-corrected chi connectivity index (χ1v) is 11.9. The van der Waals surface area contributed by atoms with Gasteiger partial charge in [-0.25, -0.2) is 4.68 Å². The van der Waals surface area contributed by atoms with Gasteiger partial charge in [0.05, 0.1) is 19.3 Å². The second kappa shape index (κ2) is 8.29. The summed E-state index contributed by atoms with van der Waals surface area (Å²) in [6.07, 6.45) is 14.7. The monoisotopic (exact) mass is 400 g/mol. The van der Waals surface area contributed by atoms with Gasteiger partial charge >= 0.3 is 0 Å². The van der Waals surface area contributed by atoms with Crippen LogP contribution in [0.2, 0.25) is 0 Å². The normalized spacial score (nSPS) is 33.8. The number of aromatic nitrogens is 2. The first-order chi connectivity index (χ1) is 14.2. The smallest absolute Gasteiger partial charge is 0.258 e. The van der Waals surface area contributed by atoms with Crippen LogP contribution in [0.5, 0.6) is 5.88 Å². The molecule has 1 amide bonds. The molecule has 0 aromatic carbocycles. The predicted molar refractivity (Wildman–Crippen MR) is 112 cm³/mol. The van der Waals surface area contributed by atoms with Gasteiger partial charge in [0.15, 0.2) is 0 Å². The summed E-state index contributed by atoms with van der Waals surface area (Å²) in [6.45, 7) is 1.73. The molecule has 0 saturated heterocycles. The molecule has 1 aromatic heterocycles. The Hall–Kier alpha value is -1.56. The molecule has 3 N–H and O–H groups in total. The van der Waals surface area contributed by atoms with Crippen molar-refractivity contribution in [3.05, 3.63) is 11.8 Å². The summed E-state index contributed by atoms with van der Waals surface area (Å²) in [7, 11) is 0. The SMILES string of the molecule is NCCn1ncc(C(=O)NC2C3CC4CC(C3)CC2C4)c1OCC1CCCCC1. The zero-order chi connectivity index (χ0) is 19.8. The molecule has 29 heavy (non-hydrogen) atoms. The molecule has 6 nitrogen and oxygen atoms in total. The number of ether oxygens (including phenoxy) is 1. The molecule has 5 aliphatic rings. The molecule has 160 valence electrons. The summed E-state index contributed by atoms with van der Waals surface area (Å²) in [5, 5.41) is 7.83. The first-order valence-electron chi connectivity index (χ1n) is 11.9. The molecular weight excluding hydrogens is 364 g/mol. The van der Waals surface area contributed by atoms with Crippen molar-refractivity contribution in [1.29, 1.82) is 0 Å². The van der Waals surface area contributed by atoms with Gasteiger partial charge in [0.2, 0.25) is 5.88 Å². The fourth-order valence-corrected chi connectivity index (χ4v) is 6.90. The zero-order valence-electron chi connectivity index (χ0n) is 17.5. The third kappa shape index (κ3) is 3.92. The standard InChI is InChI=1S/C23H36N4O2/c24-6-7-27-23(29-14-15-4-2-1-3-5-15)20(13-25-27)22(28)26-21-18-9-16-8-17(11-18)12-19(21)10-16/h13,15-19,21H,1-12,14,24H2,(H,26,28). The fraction of sp³-hybridized carbons (Fsp3) is 0.826. The number of hydrogen-bond donors (Lipinski definition) is 2. The lowest BCUT2D eigenvalue weighted by Crippen LogP contribution is -2.55. The average molecular weight is 401 g/mol. The highest BCUT2D eigenvalue weighted by molar-refractivity contribution is 5.96. The molecule has 5 fully saturated rings. The summed E-state index contributed by atoms with van der Waals surface area (Å²) in [4.78, 5) is 13.3. The number of rotatable bonds is 7. The van der Waals surface area contributed by atoms with Gasteiger partial charge in [-0.15, -0.1) is 0 Å². The molecule has 5 saturated carbocycles. The Labute approximate surface area is 173 Å². The largest absolute Gasteiger partial charge is 0.477 e. The van der Waals surface area contributed by atoms with Crippen LogP contribution in [-0.4, -0.2) is 34.9 Å². The molecule has 5 aliphatic carbocycles. The van der Waals surface area contributed by atoms with Gasteiger partial charge in [0.25, 0.3) is 5.91 Å². The van der Waals surface area contributed by atoms with E-state index in [4.69, 9.17) is 10.5 Å². The lowest BCUT2D eigenvalue weighted by Gasteiger charge is -2.54. The van der Waals surface area contributed by atoms with Gasteiger partial charge in [-0.05, 0) is 74.5 Å². The lowest BCUT2D eigenvalue weighted by atomic mass is 9.54. The molecule has 6 heteroatoms. The van der Waals surface area contributed by atoms with E-state index in [1.54, 1.807) is 10.9 Å². The highest BCUT2D eigenvalue weighted by Gasteiger charge is 2.48. The molecule has 0 atom stereocenters. The van der Waals surface area contributed by atoms with Crippen LogP contribution in [0.3, 0.4) is 0 Å². The third-order valence-corrected chi connectivity index (χ3v) is 8.08. The van der Waals surface area contributed by atoms with Gasteiger partial charge in [0.1, 0.15) is 5.56 Å². The Morgan fingerprint density at radius 2 is 1.79 bits per heavy atom. The maximum atomic E-state index is 13.3. The van der Waals surface area contributed by atoms with E-state index in [2.05, 4.69) is 10.4 Å². The van der Waals surface area contributed by atoms with E-state index in [1.165, 1.54) is 64.2 Å². The number of carbonyl (C=O) groups is 1. The summed E-state index contributed by atoms with van der Waals surface area (Å²) in [5.74, 6) is 4.35. The molecule has 0 aliphatic heterocycles. The summed E-state index contributed by atoms with van der Waals surface area (Å²) >= 11 is 0. The minimum Gasteiger partial charge on any atom is -0.477 e. The number of nitrogens with two attached hydrogens (primary N) is 1. The van der Waals surface area contributed by atoms with E-state index in [1.807, 2.05) is 0 Å². The van der Waals surface area contributed by atoms with Gasteiger partial charge in [-0.3, -0.25) is 4.79 Å². The van der Waals surface area contributed by atoms with Gasteiger partial charge < -0.3 is 15.8 Å². The molecule has 1 aromatic rings. The summed E-state index contributed by atoms with van der Waals surface area (Å²) < 4.78 is 7.99. The Bertz CT molecular complexity index is 696. The van der Waals surface area contributed by atoms with Crippen molar-refractivity contribution in [2.45, 2.75) is 76.8 Å². The summed E-state index contributed by atoms with van der Waals surface area (Å²) in [5.41, 5.74) is 6.35. The van der Waals surface area contributed by atoms with Crippen LogP contribution >= 0.6 is 0 Å². The van der Waals surface area contributed by atoms with Crippen LogP contribution in [0.25, 0.3) is 0 Å². The van der Waals surface area contributed by atoms with Crippen molar-refractivity contribution in [2.75, 3.05) is 13.2 Å². The van der Waals surface area contributed by atoms with Crippen molar-refractivity contribution in [3.63, 3.8) is 0 Å². The minimum absolute atomic E-state index is 0.00982. The van der Waals surface area contributed by atoms with Crippen LogP contribution in [0, 0.1) is 29.6 Å². The average Bonchev–Trinajstić information content (AvgIpc) is 3.12. The van der Waals surface area contributed by atoms with E-state index in [-0.39, 0.29) is 5.91 Å².